The van der Waals surface area contributed by atoms with Crippen molar-refractivity contribution in [2.75, 3.05) is 6.26 Å². The summed E-state index contributed by atoms with van der Waals surface area (Å²) in [7, 11) is 0. The van der Waals surface area contributed by atoms with E-state index in [2.05, 4.69) is 15.1 Å². The molecule has 0 saturated carbocycles. The summed E-state index contributed by atoms with van der Waals surface area (Å²) in [6.07, 6.45) is 3.68. The molecule has 4 nitrogen and oxygen atoms in total. The van der Waals surface area contributed by atoms with Gasteiger partial charge in [-0.1, -0.05) is 5.16 Å². The van der Waals surface area contributed by atoms with Crippen molar-refractivity contribution >= 4 is 23.4 Å². The number of rotatable bonds is 3. The molecule has 2 aromatic rings. The molecular formula is C9H8ClN3OS. The van der Waals surface area contributed by atoms with Crippen LogP contribution in [0, 0.1) is 0 Å². The summed E-state index contributed by atoms with van der Waals surface area (Å²) < 4.78 is 5.09. The van der Waals surface area contributed by atoms with Crippen molar-refractivity contribution in [1.82, 2.24) is 15.1 Å². The maximum atomic E-state index is 5.60. The Morgan fingerprint density at radius 2 is 2.40 bits per heavy atom. The third kappa shape index (κ3) is 2.13. The van der Waals surface area contributed by atoms with Crippen LogP contribution in [0.4, 0.5) is 0 Å². The molecule has 0 radical (unpaired) electrons. The lowest BCUT2D eigenvalue weighted by molar-refractivity contribution is 0.424. The Labute approximate surface area is 96.0 Å². The van der Waals surface area contributed by atoms with Crippen LogP contribution < -0.4 is 0 Å². The molecule has 2 heterocycles. The average molecular weight is 242 g/mol. The first-order chi connectivity index (χ1) is 7.35. The van der Waals surface area contributed by atoms with Gasteiger partial charge in [-0.15, -0.1) is 23.4 Å². The average Bonchev–Trinajstić information content (AvgIpc) is 2.77. The highest BCUT2D eigenvalue weighted by Crippen LogP contribution is 2.26. The van der Waals surface area contributed by atoms with Gasteiger partial charge in [-0.25, -0.2) is 4.98 Å². The molecule has 0 saturated heterocycles. The van der Waals surface area contributed by atoms with Crippen LogP contribution in [-0.4, -0.2) is 21.4 Å². The molecule has 0 spiro atoms. The van der Waals surface area contributed by atoms with E-state index in [0.717, 1.165) is 10.6 Å². The van der Waals surface area contributed by atoms with Gasteiger partial charge in [0.05, 0.1) is 11.4 Å². The number of halogens is 1. The number of thioether (sulfide) groups is 1. The van der Waals surface area contributed by atoms with E-state index in [9.17, 15) is 0 Å². The molecule has 0 N–H and O–H groups in total. The minimum Gasteiger partial charge on any atom is -0.334 e. The molecule has 0 aliphatic rings. The maximum absolute atomic E-state index is 5.60. The van der Waals surface area contributed by atoms with E-state index in [0.29, 0.717) is 11.7 Å². The molecule has 0 fully saturated rings. The van der Waals surface area contributed by atoms with Crippen LogP contribution in [0.5, 0.6) is 0 Å². The van der Waals surface area contributed by atoms with Crippen LogP contribution in [-0.2, 0) is 5.88 Å². The molecule has 0 amide bonds. The summed E-state index contributed by atoms with van der Waals surface area (Å²) in [5.74, 6) is 1.20. The molecule has 0 aliphatic heterocycles. The highest BCUT2D eigenvalue weighted by Gasteiger charge is 2.12. The van der Waals surface area contributed by atoms with Crippen molar-refractivity contribution < 1.29 is 4.52 Å². The Balaban J connectivity index is 2.44. The Morgan fingerprint density at radius 1 is 1.53 bits per heavy atom. The summed E-state index contributed by atoms with van der Waals surface area (Å²) in [4.78, 5) is 8.36. The molecule has 2 aromatic heterocycles. The van der Waals surface area contributed by atoms with Crippen molar-refractivity contribution in [1.29, 1.82) is 0 Å². The number of alkyl halides is 1. The lowest BCUT2D eigenvalue weighted by Crippen LogP contribution is -1.86. The summed E-state index contributed by atoms with van der Waals surface area (Å²) in [5, 5.41) is 4.59. The third-order valence-corrected chi connectivity index (χ3v) is 2.73. The number of aromatic nitrogens is 3. The van der Waals surface area contributed by atoms with E-state index in [1.54, 1.807) is 6.20 Å². The van der Waals surface area contributed by atoms with E-state index in [4.69, 9.17) is 16.1 Å². The van der Waals surface area contributed by atoms with Gasteiger partial charge in [-0.05, 0) is 18.4 Å². The van der Waals surface area contributed by atoms with Crippen molar-refractivity contribution in [3.8, 4) is 11.5 Å². The molecular weight excluding hydrogens is 234 g/mol. The number of hydrogen-bond donors (Lipinski definition) is 0. The Morgan fingerprint density at radius 3 is 3.07 bits per heavy atom. The smallest absolute Gasteiger partial charge is 0.260 e. The summed E-state index contributed by atoms with van der Waals surface area (Å²) in [6, 6.07) is 3.73. The lowest BCUT2D eigenvalue weighted by atomic mass is 10.3. The fraction of sp³-hybridized carbons (Fsp3) is 0.222. The van der Waals surface area contributed by atoms with Gasteiger partial charge in [0.15, 0.2) is 5.82 Å². The quantitative estimate of drug-likeness (QED) is 0.611. The summed E-state index contributed by atoms with van der Waals surface area (Å²) in [5.41, 5.74) is 0.842. The first kappa shape index (κ1) is 10.4. The zero-order valence-electron chi connectivity index (χ0n) is 7.98. The summed E-state index contributed by atoms with van der Waals surface area (Å²) in [6.45, 7) is 0. The maximum Gasteiger partial charge on any atom is 0.260 e. The molecule has 0 bridgehead atoms. The van der Waals surface area contributed by atoms with E-state index in [-0.39, 0.29) is 5.88 Å². The predicted molar refractivity (Wildman–Crippen MR) is 58.9 cm³/mol. The van der Waals surface area contributed by atoms with E-state index < -0.39 is 0 Å². The highest BCUT2D eigenvalue weighted by atomic mass is 35.5. The molecule has 0 aromatic carbocycles. The third-order valence-electron chi connectivity index (χ3n) is 1.78. The Bertz CT molecular complexity index is 460. The predicted octanol–water partition coefficient (Wildman–Crippen LogP) is 2.59. The molecule has 6 heteroatoms. The second-order valence-electron chi connectivity index (χ2n) is 2.71. The van der Waals surface area contributed by atoms with Gasteiger partial charge in [-0.3, -0.25) is 0 Å². The minimum atomic E-state index is 0.248. The molecule has 0 unspecified atom stereocenters. The van der Waals surface area contributed by atoms with Gasteiger partial charge >= 0.3 is 0 Å². The van der Waals surface area contributed by atoms with Crippen molar-refractivity contribution in [2.24, 2.45) is 0 Å². The molecule has 2 rings (SSSR count). The van der Waals surface area contributed by atoms with E-state index >= 15 is 0 Å². The highest BCUT2D eigenvalue weighted by molar-refractivity contribution is 7.98. The fourth-order valence-electron chi connectivity index (χ4n) is 1.13. The van der Waals surface area contributed by atoms with Gasteiger partial charge < -0.3 is 4.52 Å². The Kier molecular flexibility index (Phi) is 3.23. The minimum absolute atomic E-state index is 0.248. The van der Waals surface area contributed by atoms with Crippen molar-refractivity contribution in [3.05, 3.63) is 24.2 Å². The zero-order chi connectivity index (χ0) is 10.7. The second-order valence-corrected chi connectivity index (χ2v) is 3.77. The topological polar surface area (TPSA) is 51.8 Å². The lowest BCUT2D eigenvalue weighted by Gasteiger charge is -1.99. The van der Waals surface area contributed by atoms with Gasteiger partial charge in [0.2, 0.25) is 0 Å². The Hall–Kier alpha value is -1.07. The van der Waals surface area contributed by atoms with Crippen LogP contribution >= 0.6 is 23.4 Å². The molecule has 78 valence electrons. The zero-order valence-corrected chi connectivity index (χ0v) is 9.55. The first-order valence-electron chi connectivity index (χ1n) is 4.23. The normalized spacial score (nSPS) is 10.5. The van der Waals surface area contributed by atoms with Crippen LogP contribution in [0.2, 0.25) is 0 Å². The van der Waals surface area contributed by atoms with Crippen LogP contribution in [0.15, 0.2) is 27.9 Å². The SMILES string of the molecule is CSc1ncccc1-c1nc(CCl)no1. The van der Waals surface area contributed by atoms with Crippen LogP contribution in [0.3, 0.4) is 0 Å². The summed E-state index contributed by atoms with van der Waals surface area (Å²) >= 11 is 7.13. The van der Waals surface area contributed by atoms with Crippen LogP contribution in [0.25, 0.3) is 11.5 Å². The number of pyridine rings is 1. The van der Waals surface area contributed by atoms with Crippen molar-refractivity contribution in [3.63, 3.8) is 0 Å². The van der Waals surface area contributed by atoms with Gasteiger partial charge in [0.1, 0.15) is 5.03 Å². The van der Waals surface area contributed by atoms with Gasteiger partial charge in [0.25, 0.3) is 5.89 Å². The second kappa shape index (κ2) is 4.63. The molecule has 0 atom stereocenters. The van der Waals surface area contributed by atoms with Crippen LogP contribution in [0.1, 0.15) is 5.82 Å². The molecule has 15 heavy (non-hydrogen) atoms. The number of hydrogen-bond acceptors (Lipinski definition) is 5. The number of nitrogens with zero attached hydrogens (tertiary/aromatic N) is 3. The molecule has 0 aliphatic carbocycles. The first-order valence-corrected chi connectivity index (χ1v) is 5.99. The monoisotopic (exact) mass is 241 g/mol. The van der Waals surface area contributed by atoms with Gasteiger partial charge in [-0.2, -0.15) is 4.98 Å². The fourth-order valence-corrected chi connectivity index (χ4v) is 1.78. The largest absolute Gasteiger partial charge is 0.334 e. The van der Waals surface area contributed by atoms with E-state index in [1.807, 2.05) is 18.4 Å². The van der Waals surface area contributed by atoms with Gasteiger partial charge in [0, 0.05) is 6.20 Å². The van der Waals surface area contributed by atoms with Crippen molar-refractivity contribution in [2.45, 2.75) is 10.9 Å². The van der Waals surface area contributed by atoms with E-state index in [1.165, 1.54) is 11.8 Å². The standard InChI is InChI=1S/C9H8ClN3OS/c1-15-9-6(3-2-4-11-9)8-12-7(5-10)13-14-8/h2-4H,5H2,1H3.